The molecule has 1 aliphatic carbocycles. The van der Waals surface area contributed by atoms with Gasteiger partial charge in [-0.2, -0.15) is 0 Å². The van der Waals surface area contributed by atoms with Crippen molar-refractivity contribution in [3.8, 4) is 11.5 Å². The summed E-state index contributed by atoms with van der Waals surface area (Å²) in [4.78, 5) is 25.5. The molecule has 0 fully saturated rings. The van der Waals surface area contributed by atoms with E-state index < -0.39 is 5.41 Å². The molecule has 0 N–H and O–H groups in total. The Hall–Kier alpha value is -2.82. The van der Waals surface area contributed by atoms with Crippen LogP contribution in [-0.2, 0) is 14.3 Å². The van der Waals surface area contributed by atoms with E-state index in [2.05, 4.69) is 0 Å². The molecule has 0 aromatic heterocycles. The van der Waals surface area contributed by atoms with E-state index in [4.69, 9.17) is 14.2 Å². The van der Waals surface area contributed by atoms with Gasteiger partial charge in [0.2, 0.25) is 0 Å². The summed E-state index contributed by atoms with van der Waals surface area (Å²) in [5.41, 5.74) is 0.352. The quantitative estimate of drug-likeness (QED) is 0.609. The fraction of sp³-hybridized carbons (Fsp3) is 0.300. The number of carbonyl (C=O) groups is 2. The van der Waals surface area contributed by atoms with E-state index >= 15 is 0 Å². The summed E-state index contributed by atoms with van der Waals surface area (Å²) in [7, 11) is 3.03. The third-order valence-electron chi connectivity index (χ3n) is 4.59. The summed E-state index contributed by atoms with van der Waals surface area (Å²) in [5, 5.41) is 0. The number of fused-ring (bicyclic) bond motifs is 1. The molecular weight excluding hydrogens is 320 g/mol. The molecule has 0 atom stereocenters. The van der Waals surface area contributed by atoms with Crippen molar-refractivity contribution >= 4 is 17.6 Å². The van der Waals surface area contributed by atoms with Crippen molar-refractivity contribution in [1.82, 2.24) is 0 Å². The van der Waals surface area contributed by atoms with Crippen molar-refractivity contribution in [2.24, 2.45) is 5.41 Å². The maximum absolute atomic E-state index is 13.0. The average molecular weight is 340 g/mol. The summed E-state index contributed by atoms with van der Waals surface area (Å²) in [5.74, 6) is 1.34. The molecule has 5 nitrogen and oxygen atoms in total. The maximum Gasteiger partial charge on any atom is 0.183 e. The van der Waals surface area contributed by atoms with E-state index in [9.17, 15) is 9.59 Å². The molecule has 0 spiro atoms. The first-order valence-electron chi connectivity index (χ1n) is 7.95. The number of hydrogen-bond donors (Lipinski definition) is 0. The molecule has 2 aliphatic rings. The van der Waals surface area contributed by atoms with Crippen molar-refractivity contribution in [1.29, 1.82) is 0 Å². The zero-order chi connectivity index (χ0) is 18.4. The Kier molecular flexibility index (Phi) is 4.03. The van der Waals surface area contributed by atoms with Crippen molar-refractivity contribution in [3.05, 3.63) is 52.5 Å². The number of ketones is 2. The number of allylic oxidation sites excluding steroid dienone is 3. The Balaban J connectivity index is 2.21. The van der Waals surface area contributed by atoms with Gasteiger partial charge in [-0.3, -0.25) is 9.59 Å². The van der Waals surface area contributed by atoms with Crippen LogP contribution in [0.15, 0.2) is 46.9 Å². The molecule has 1 aromatic rings. The lowest BCUT2D eigenvalue weighted by Crippen LogP contribution is -2.41. The topological polar surface area (TPSA) is 61.8 Å². The Morgan fingerprint density at radius 3 is 2.36 bits per heavy atom. The Labute approximate surface area is 146 Å². The molecule has 3 rings (SSSR count). The van der Waals surface area contributed by atoms with Crippen LogP contribution in [0.4, 0.5) is 0 Å². The molecule has 25 heavy (non-hydrogen) atoms. The van der Waals surface area contributed by atoms with Gasteiger partial charge >= 0.3 is 0 Å². The van der Waals surface area contributed by atoms with Crippen LogP contribution in [0.25, 0.3) is 6.08 Å². The zero-order valence-corrected chi connectivity index (χ0v) is 14.9. The predicted octanol–water partition coefficient (Wildman–Crippen LogP) is 3.45. The van der Waals surface area contributed by atoms with Gasteiger partial charge in [0.25, 0.3) is 0 Å². The minimum absolute atomic E-state index is 0.236. The fourth-order valence-corrected chi connectivity index (χ4v) is 3.16. The van der Waals surface area contributed by atoms with Gasteiger partial charge in [-0.05, 0) is 45.1 Å². The number of Topliss-reactive ketones (excluding diaryl/α,β-unsaturated/α-hetero) is 2. The summed E-state index contributed by atoms with van der Waals surface area (Å²) in [6.07, 6.45) is 3.54. The first-order valence-corrected chi connectivity index (χ1v) is 7.95. The normalized spacial score (nSPS) is 21.8. The second-order valence-electron chi connectivity index (χ2n) is 6.49. The van der Waals surface area contributed by atoms with Crippen LogP contribution in [0, 0.1) is 5.41 Å². The number of ether oxygens (including phenoxy) is 3. The van der Waals surface area contributed by atoms with Crippen LogP contribution in [0.3, 0.4) is 0 Å². The summed E-state index contributed by atoms with van der Waals surface area (Å²) in [6.45, 7) is 4.91. The smallest absolute Gasteiger partial charge is 0.183 e. The van der Waals surface area contributed by atoms with Gasteiger partial charge in [0.1, 0.15) is 28.6 Å². The van der Waals surface area contributed by atoms with E-state index in [0.29, 0.717) is 22.8 Å². The van der Waals surface area contributed by atoms with E-state index in [0.717, 1.165) is 5.56 Å². The molecule has 0 amide bonds. The Bertz CT molecular complexity index is 868. The van der Waals surface area contributed by atoms with E-state index in [1.807, 2.05) is 18.2 Å². The van der Waals surface area contributed by atoms with Gasteiger partial charge in [-0.1, -0.05) is 6.07 Å². The number of benzene rings is 1. The molecule has 0 saturated carbocycles. The molecule has 0 bridgehead atoms. The van der Waals surface area contributed by atoms with E-state index in [1.54, 1.807) is 40.0 Å². The number of methoxy groups -OCH3 is 2. The zero-order valence-electron chi connectivity index (χ0n) is 14.9. The van der Waals surface area contributed by atoms with Crippen LogP contribution < -0.4 is 9.47 Å². The minimum atomic E-state index is -1.15. The van der Waals surface area contributed by atoms with Crippen LogP contribution in [-0.4, -0.2) is 25.8 Å². The van der Waals surface area contributed by atoms with E-state index in [1.165, 1.54) is 7.11 Å². The Morgan fingerprint density at radius 2 is 1.72 bits per heavy atom. The highest BCUT2D eigenvalue weighted by molar-refractivity contribution is 6.24. The van der Waals surface area contributed by atoms with Crippen LogP contribution in [0.1, 0.15) is 26.3 Å². The first kappa shape index (κ1) is 17.0. The SMILES string of the molecule is COC1=C(C)C(=O)C(C)(C)C(=O)C1=C1C=Cc2c(OC)cccc2O1. The monoisotopic (exact) mass is 340 g/mol. The second-order valence-corrected chi connectivity index (χ2v) is 6.49. The molecule has 1 aromatic carbocycles. The van der Waals surface area contributed by atoms with Crippen molar-refractivity contribution in [2.75, 3.05) is 14.2 Å². The lowest BCUT2D eigenvalue weighted by atomic mass is 9.72. The molecule has 0 unspecified atom stereocenters. The highest BCUT2D eigenvalue weighted by atomic mass is 16.5. The average Bonchev–Trinajstić information content (AvgIpc) is 2.62. The summed E-state index contributed by atoms with van der Waals surface area (Å²) >= 11 is 0. The first-order chi connectivity index (χ1) is 11.8. The van der Waals surface area contributed by atoms with Gasteiger partial charge in [0.15, 0.2) is 11.6 Å². The highest BCUT2D eigenvalue weighted by Crippen LogP contribution is 2.41. The number of rotatable bonds is 2. The molecule has 1 aliphatic heterocycles. The second kappa shape index (κ2) is 5.92. The molecule has 5 heteroatoms. The lowest BCUT2D eigenvalue weighted by molar-refractivity contribution is -0.135. The summed E-state index contributed by atoms with van der Waals surface area (Å²) < 4.78 is 16.7. The van der Waals surface area contributed by atoms with Crippen LogP contribution in [0.5, 0.6) is 11.5 Å². The van der Waals surface area contributed by atoms with Gasteiger partial charge in [-0.25, -0.2) is 0 Å². The van der Waals surface area contributed by atoms with Gasteiger partial charge in [-0.15, -0.1) is 0 Å². The van der Waals surface area contributed by atoms with Gasteiger partial charge < -0.3 is 14.2 Å². The molecule has 130 valence electrons. The fourth-order valence-electron chi connectivity index (χ4n) is 3.16. The maximum atomic E-state index is 13.0. The van der Waals surface area contributed by atoms with Crippen molar-refractivity contribution in [2.45, 2.75) is 20.8 Å². The van der Waals surface area contributed by atoms with Crippen LogP contribution in [0.2, 0.25) is 0 Å². The predicted molar refractivity (Wildman–Crippen MR) is 93.2 cm³/mol. The third kappa shape index (κ3) is 2.47. The highest BCUT2D eigenvalue weighted by Gasteiger charge is 2.46. The van der Waals surface area contributed by atoms with Crippen molar-refractivity contribution in [3.63, 3.8) is 0 Å². The number of hydrogen-bond acceptors (Lipinski definition) is 5. The third-order valence-corrected chi connectivity index (χ3v) is 4.59. The van der Waals surface area contributed by atoms with Gasteiger partial charge in [0.05, 0.1) is 25.2 Å². The summed E-state index contributed by atoms with van der Waals surface area (Å²) in [6, 6.07) is 5.45. The molecule has 0 saturated heterocycles. The van der Waals surface area contributed by atoms with E-state index in [-0.39, 0.29) is 22.9 Å². The minimum Gasteiger partial charge on any atom is -0.496 e. The van der Waals surface area contributed by atoms with Crippen molar-refractivity contribution < 1.29 is 23.8 Å². The standard InChI is InChI=1S/C20H20O5/c1-11-17(24-5)16(19(22)20(2,3)18(11)21)15-10-9-12-13(23-4)7-6-8-14(12)25-15/h6-10H,1-5H3. The molecular formula is C20H20O5. The molecule has 1 heterocycles. The number of carbonyl (C=O) groups excluding carboxylic acids is 2. The van der Waals surface area contributed by atoms with Gasteiger partial charge in [0, 0.05) is 5.57 Å². The Morgan fingerprint density at radius 1 is 1.00 bits per heavy atom. The molecule has 0 radical (unpaired) electrons. The lowest BCUT2D eigenvalue weighted by Gasteiger charge is -2.31. The van der Waals surface area contributed by atoms with Crippen LogP contribution >= 0.6 is 0 Å². The largest absolute Gasteiger partial charge is 0.496 e.